The Morgan fingerprint density at radius 3 is 2.34 bits per heavy atom. The lowest BCUT2D eigenvalue weighted by molar-refractivity contribution is -0.199. The number of rotatable bonds is 4. The van der Waals surface area contributed by atoms with Crippen LogP contribution in [0.3, 0.4) is 0 Å². The van der Waals surface area contributed by atoms with Gasteiger partial charge in [0.05, 0.1) is 12.2 Å². The molecule has 4 rings (SSSR count). The second-order valence-electron chi connectivity index (χ2n) is 11.8. The fourth-order valence-electron chi connectivity index (χ4n) is 9.18. The number of aliphatic hydroxyl groups excluding tert-OH is 2. The van der Waals surface area contributed by atoms with E-state index in [4.69, 9.17) is 5.11 Å². The Morgan fingerprint density at radius 2 is 1.66 bits per heavy atom. The number of hydrogen-bond donors (Lipinski definition) is 3. The van der Waals surface area contributed by atoms with Crippen LogP contribution >= 0.6 is 0 Å². The third kappa shape index (κ3) is 3.28. The molecule has 6 unspecified atom stereocenters. The van der Waals surface area contributed by atoms with Crippen LogP contribution in [0.4, 0.5) is 0 Å². The van der Waals surface area contributed by atoms with E-state index >= 15 is 0 Å². The zero-order chi connectivity index (χ0) is 21.1. The van der Waals surface area contributed by atoms with E-state index in [1.54, 1.807) is 0 Å². The van der Waals surface area contributed by atoms with Gasteiger partial charge in [-0.2, -0.15) is 0 Å². The number of carbonyl (C=O) groups is 1. The van der Waals surface area contributed by atoms with E-state index in [1.165, 1.54) is 25.7 Å². The number of hydrogen-bond acceptors (Lipinski definition) is 3. The van der Waals surface area contributed by atoms with E-state index < -0.39 is 5.97 Å². The summed E-state index contributed by atoms with van der Waals surface area (Å²) in [5.41, 5.74) is 0.480. The van der Waals surface area contributed by atoms with Crippen molar-refractivity contribution < 1.29 is 20.1 Å². The molecule has 0 heterocycles. The highest BCUT2D eigenvalue weighted by molar-refractivity contribution is 5.66. The van der Waals surface area contributed by atoms with Gasteiger partial charge in [0.25, 0.3) is 0 Å². The van der Waals surface area contributed by atoms with Crippen molar-refractivity contribution in [2.45, 2.75) is 97.7 Å². The number of carboxylic acids is 1. The molecule has 0 radical (unpaired) electrons. The summed E-state index contributed by atoms with van der Waals surface area (Å²) in [6, 6.07) is 0. The molecular formula is C25H42O4. The second kappa shape index (κ2) is 7.51. The number of aliphatic hydroxyl groups is 2. The molecule has 4 saturated carbocycles. The Labute approximate surface area is 176 Å². The van der Waals surface area contributed by atoms with E-state index in [0.29, 0.717) is 35.5 Å². The van der Waals surface area contributed by atoms with Crippen molar-refractivity contribution in [3.05, 3.63) is 0 Å². The van der Waals surface area contributed by atoms with Crippen LogP contribution in [0.15, 0.2) is 0 Å². The van der Waals surface area contributed by atoms with E-state index in [2.05, 4.69) is 27.7 Å². The highest BCUT2D eigenvalue weighted by Crippen LogP contribution is 2.69. The van der Waals surface area contributed by atoms with E-state index in [1.807, 2.05) is 0 Å². The first-order valence-corrected chi connectivity index (χ1v) is 12.2. The lowest BCUT2D eigenvalue weighted by atomic mass is 9.42. The molecule has 0 aromatic carbocycles. The van der Waals surface area contributed by atoms with Gasteiger partial charge in [-0.15, -0.1) is 0 Å². The van der Waals surface area contributed by atoms with Crippen molar-refractivity contribution in [2.75, 3.05) is 0 Å². The molecule has 0 saturated heterocycles. The molecule has 3 N–H and O–H groups in total. The van der Waals surface area contributed by atoms with Gasteiger partial charge in [0.1, 0.15) is 0 Å². The topological polar surface area (TPSA) is 77.8 Å². The molecule has 4 fully saturated rings. The predicted octanol–water partition coefficient (Wildman–Crippen LogP) is 4.72. The van der Waals surface area contributed by atoms with Gasteiger partial charge >= 0.3 is 5.97 Å². The predicted molar refractivity (Wildman–Crippen MR) is 113 cm³/mol. The Bertz CT molecular complexity index is 634. The van der Waals surface area contributed by atoms with Crippen LogP contribution in [-0.4, -0.2) is 33.5 Å². The Kier molecular flexibility index (Phi) is 5.60. The molecule has 4 heteroatoms. The van der Waals surface area contributed by atoms with E-state index in [9.17, 15) is 15.0 Å². The van der Waals surface area contributed by atoms with Gasteiger partial charge in [-0.05, 0) is 104 Å². The fraction of sp³-hybridized carbons (Fsp3) is 0.960. The number of carboxylic acid groups (broad SMARTS) is 1. The summed E-state index contributed by atoms with van der Waals surface area (Å²) in [5.74, 6) is 2.50. The fourth-order valence-corrected chi connectivity index (χ4v) is 9.18. The van der Waals surface area contributed by atoms with Crippen LogP contribution in [0.1, 0.15) is 85.5 Å². The molecule has 4 aliphatic rings. The van der Waals surface area contributed by atoms with Gasteiger partial charge in [0.15, 0.2) is 0 Å². The van der Waals surface area contributed by atoms with Crippen molar-refractivity contribution in [2.24, 2.45) is 52.3 Å². The maximum atomic E-state index is 11.5. The summed E-state index contributed by atoms with van der Waals surface area (Å²) < 4.78 is 0. The van der Waals surface area contributed by atoms with E-state index in [0.717, 1.165) is 25.7 Å². The Morgan fingerprint density at radius 1 is 1.00 bits per heavy atom. The summed E-state index contributed by atoms with van der Waals surface area (Å²) in [4.78, 5) is 11.1. The van der Waals surface area contributed by atoms with Crippen LogP contribution in [0.2, 0.25) is 0 Å². The van der Waals surface area contributed by atoms with Crippen molar-refractivity contribution in [1.82, 2.24) is 0 Å². The smallest absolute Gasteiger partial charge is 0.303 e. The number of fused-ring (bicyclic) bond motifs is 5. The summed E-state index contributed by atoms with van der Waals surface area (Å²) in [6.45, 7) is 9.41. The maximum absolute atomic E-state index is 11.5. The largest absolute Gasteiger partial charge is 0.481 e. The van der Waals surface area contributed by atoms with Crippen LogP contribution in [0, 0.1) is 52.3 Å². The lowest BCUT2D eigenvalue weighted by Crippen LogP contribution is -2.61. The SMILES string of the molecule is C[C@H]1C(O)C2C3CCC([C@H](C)CCC(=O)O)[C@@]3(C)CCC2[C@@]2(C)CC[C@@H](O)CC12. The maximum Gasteiger partial charge on any atom is 0.303 e. The van der Waals surface area contributed by atoms with Gasteiger partial charge < -0.3 is 15.3 Å². The quantitative estimate of drug-likeness (QED) is 0.631. The highest BCUT2D eigenvalue weighted by Gasteiger charge is 2.64. The minimum absolute atomic E-state index is 0.195. The third-order valence-electron chi connectivity index (χ3n) is 10.7. The van der Waals surface area contributed by atoms with Crippen LogP contribution in [0.5, 0.6) is 0 Å². The van der Waals surface area contributed by atoms with Crippen molar-refractivity contribution in [3.8, 4) is 0 Å². The second-order valence-corrected chi connectivity index (χ2v) is 11.8. The molecule has 0 aromatic rings. The molecule has 166 valence electrons. The van der Waals surface area contributed by atoms with Crippen LogP contribution in [0.25, 0.3) is 0 Å². The summed E-state index contributed by atoms with van der Waals surface area (Å²) in [7, 11) is 0. The number of aliphatic carboxylic acids is 1. The zero-order valence-corrected chi connectivity index (χ0v) is 18.8. The summed E-state index contributed by atoms with van der Waals surface area (Å²) in [5, 5.41) is 31.0. The van der Waals surface area contributed by atoms with Crippen molar-refractivity contribution in [3.63, 3.8) is 0 Å². The minimum Gasteiger partial charge on any atom is -0.481 e. The molecule has 0 aromatic heterocycles. The summed E-state index contributed by atoms with van der Waals surface area (Å²) in [6.07, 6.45) is 8.22. The monoisotopic (exact) mass is 406 g/mol. The van der Waals surface area contributed by atoms with Crippen molar-refractivity contribution >= 4 is 5.97 Å². The standard InChI is InChI=1S/C25H42O4/c1-14(5-8-21(27)28)17-6-7-18-22-19(10-12-24(17,18)3)25(4)11-9-16(26)13-20(25)15(2)23(22)29/h14-20,22-23,26,29H,5-13H2,1-4H3,(H,27,28)/t14-,15-,16-,17?,18?,19?,20?,22?,23?,24-,25-/m1/s1. The molecule has 4 nitrogen and oxygen atoms in total. The minimum atomic E-state index is -0.685. The Hall–Kier alpha value is -0.610. The van der Waals surface area contributed by atoms with Gasteiger partial charge in [0.2, 0.25) is 0 Å². The lowest BCUT2D eigenvalue weighted by Gasteiger charge is -2.64. The third-order valence-corrected chi connectivity index (χ3v) is 10.7. The molecule has 0 spiro atoms. The Balaban J connectivity index is 1.59. The van der Waals surface area contributed by atoms with Crippen molar-refractivity contribution in [1.29, 1.82) is 0 Å². The first-order chi connectivity index (χ1) is 13.6. The van der Waals surface area contributed by atoms with Gasteiger partial charge in [-0.3, -0.25) is 4.79 Å². The molecule has 0 amide bonds. The molecule has 0 bridgehead atoms. The molecule has 11 atom stereocenters. The molecule has 29 heavy (non-hydrogen) atoms. The first kappa shape index (κ1) is 21.6. The first-order valence-electron chi connectivity index (χ1n) is 12.2. The van der Waals surface area contributed by atoms with Gasteiger partial charge in [-0.25, -0.2) is 0 Å². The van der Waals surface area contributed by atoms with Crippen LogP contribution in [-0.2, 0) is 4.79 Å². The molecule has 0 aliphatic heterocycles. The molecular weight excluding hydrogens is 364 g/mol. The van der Waals surface area contributed by atoms with Crippen LogP contribution < -0.4 is 0 Å². The molecule has 4 aliphatic carbocycles. The average Bonchev–Trinajstić information content (AvgIpc) is 3.02. The van der Waals surface area contributed by atoms with Gasteiger partial charge in [0, 0.05) is 6.42 Å². The normalized spacial score (nSPS) is 52.9. The van der Waals surface area contributed by atoms with E-state index in [-0.39, 0.29) is 35.4 Å². The summed E-state index contributed by atoms with van der Waals surface area (Å²) >= 11 is 0. The van der Waals surface area contributed by atoms with Gasteiger partial charge in [-0.1, -0.05) is 27.7 Å². The average molecular weight is 407 g/mol. The zero-order valence-electron chi connectivity index (χ0n) is 18.8. The highest BCUT2D eigenvalue weighted by atomic mass is 16.4.